The van der Waals surface area contributed by atoms with Crippen molar-refractivity contribution in [3.8, 4) is 5.75 Å². The predicted octanol–water partition coefficient (Wildman–Crippen LogP) is 4.38. The van der Waals surface area contributed by atoms with Gasteiger partial charge in [0.05, 0.1) is 27.2 Å². The highest BCUT2D eigenvalue weighted by molar-refractivity contribution is 9.10. The van der Waals surface area contributed by atoms with Gasteiger partial charge >= 0.3 is 0 Å². The number of hydrogen-bond acceptors (Lipinski definition) is 6. The molecule has 0 spiro atoms. The Morgan fingerprint density at radius 1 is 1.33 bits per heavy atom. The summed E-state index contributed by atoms with van der Waals surface area (Å²) in [6.45, 7) is 0.308. The first-order valence-corrected chi connectivity index (χ1v) is 9.77. The summed E-state index contributed by atoms with van der Waals surface area (Å²) in [5, 5.41) is 28.9. The van der Waals surface area contributed by atoms with Crippen LogP contribution in [-0.2, 0) is 6.54 Å². The molecule has 3 aromatic rings. The van der Waals surface area contributed by atoms with Gasteiger partial charge in [-0.25, -0.2) is 5.43 Å². The molecule has 0 saturated heterocycles. The second-order valence-electron chi connectivity index (χ2n) is 5.97. The minimum atomic E-state index is -0.590. The van der Waals surface area contributed by atoms with Gasteiger partial charge < -0.3 is 5.11 Å². The monoisotopic (exact) mass is 511 g/mol. The van der Waals surface area contributed by atoms with Crippen molar-refractivity contribution in [2.24, 2.45) is 5.10 Å². The SMILES string of the molecule is O=C(NN=Cc1cc(Cl)cc(Cl)c1O)c1nn(Cc2ccc([N+](=O)[O-])cc2)cc1Br. The number of halogens is 3. The molecular formula is C18H12BrCl2N5O4. The molecular weight excluding hydrogens is 501 g/mol. The molecule has 1 aromatic heterocycles. The maximum Gasteiger partial charge on any atom is 0.293 e. The fourth-order valence-corrected chi connectivity index (χ4v) is 3.44. The minimum absolute atomic E-state index is 0.00893. The van der Waals surface area contributed by atoms with E-state index in [0.29, 0.717) is 16.0 Å². The molecule has 0 aliphatic carbocycles. The molecule has 0 aliphatic rings. The summed E-state index contributed by atoms with van der Waals surface area (Å²) >= 11 is 15.0. The number of aromatic nitrogens is 2. The van der Waals surface area contributed by atoms with E-state index in [0.717, 1.165) is 5.56 Å². The third-order valence-corrected chi connectivity index (χ3v) is 4.94. The lowest BCUT2D eigenvalue weighted by Crippen LogP contribution is -2.19. The number of hydrazone groups is 1. The number of carbonyl (C=O) groups excluding carboxylic acids is 1. The van der Waals surface area contributed by atoms with E-state index in [2.05, 4.69) is 31.6 Å². The van der Waals surface area contributed by atoms with Gasteiger partial charge in [0, 0.05) is 28.9 Å². The second kappa shape index (κ2) is 9.24. The van der Waals surface area contributed by atoms with Crippen LogP contribution in [0.3, 0.4) is 0 Å². The van der Waals surface area contributed by atoms with E-state index in [1.54, 1.807) is 18.3 Å². The van der Waals surface area contributed by atoms with Crippen molar-refractivity contribution in [1.82, 2.24) is 15.2 Å². The van der Waals surface area contributed by atoms with Gasteiger partial charge in [0.15, 0.2) is 5.69 Å². The summed E-state index contributed by atoms with van der Waals surface area (Å²) in [7, 11) is 0. The largest absolute Gasteiger partial charge is 0.506 e. The molecule has 9 nitrogen and oxygen atoms in total. The first-order chi connectivity index (χ1) is 14.2. The van der Waals surface area contributed by atoms with Crippen molar-refractivity contribution >= 4 is 56.9 Å². The molecule has 0 bridgehead atoms. The number of phenolic OH excluding ortho intramolecular Hbond substituents is 1. The van der Waals surface area contributed by atoms with E-state index in [1.165, 1.54) is 35.2 Å². The Balaban J connectivity index is 1.68. The van der Waals surface area contributed by atoms with Crippen LogP contribution >= 0.6 is 39.1 Å². The van der Waals surface area contributed by atoms with Crippen LogP contribution in [0, 0.1) is 10.1 Å². The van der Waals surface area contributed by atoms with Crippen LogP contribution in [0.4, 0.5) is 5.69 Å². The first-order valence-electron chi connectivity index (χ1n) is 8.22. The van der Waals surface area contributed by atoms with E-state index in [-0.39, 0.29) is 27.7 Å². The smallest absolute Gasteiger partial charge is 0.293 e. The predicted molar refractivity (Wildman–Crippen MR) is 115 cm³/mol. The molecule has 1 amide bonds. The molecule has 0 unspecified atom stereocenters. The molecule has 2 N–H and O–H groups in total. The summed E-state index contributed by atoms with van der Waals surface area (Å²) < 4.78 is 1.94. The quantitative estimate of drug-likeness (QED) is 0.288. The maximum absolute atomic E-state index is 12.3. The number of nitrogens with zero attached hydrogens (tertiary/aromatic N) is 4. The third-order valence-electron chi connectivity index (χ3n) is 3.85. The van der Waals surface area contributed by atoms with Crippen LogP contribution < -0.4 is 5.43 Å². The van der Waals surface area contributed by atoms with Gasteiger partial charge in [-0.15, -0.1) is 0 Å². The third kappa shape index (κ3) is 5.15. The highest BCUT2D eigenvalue weighted by Crippen LogP contribution is 2.30. The first kappa shape index (κ1) is 21.8. The van der Waals surface area contributed by atoms with E-state index in [4.69, 9.17) is 23.2 Å². The Morgan fingerprint density at radius 2 is 2.03 bits per heavy atom. The van der Waals surface area contributed by atoms with Crippen molar-refractivity contribution in [2.75, 3.05) is 0 Å². The molecule has 30 heavy (non-hydrogen) atoms. The lowest BCUT2D eigenvalue weighted by Gasteiger charge is -2.03. The van der Waals surface area contributed by atoms with Crippen LogP contribution in [0.25, 0.3) is 0 Å². The van der Waals surface area contributed by atoms with Crippen molar-refractivity contribution < 1.29 is 14.8 Å². The molecule has 0 atom stereocenters. The van der Waals surface area contributed by atoms with Crippen LogP contribution in [0.2, 0.25) is 10.0 Å². The highest BCUT2D eigenvalue weighted by Gasteiger charge is 2.15. The van der Waals surface area contributed by atoms with Crippen LogP contribution in [0.5, 0.6) is 5.75 Å². The summed E-state index contributed by atoms with van der Waals surface area (Å²) in [5.41, 5.74) is 3.38. The summed E-state index contributed by atoms with van der Waals surface area (Å²) in [4.78, 5) is 22.6. The second-order valence-corrected chi connectivity index (χ2v) is 7.67. The number of amides is 1. The number of rotatable bonds is 6. The van der Waals surface area contributed by atoms with Gasteiger partial charge in [-0.1, -0.05) is 35.3 Å². The van der Waals surface area contributed by atoms with Crippen molar-refractivity contribution in [3.05, 3.63) is 84.0 Å². The topological polar surface area (TPSA) is 123 Å². The van der Waals surface area contributed by atoms with Crippen LogP contribution in [-0.4, -0.2) is 31.9 Å². The van der Waals surface area contributed by atoms with Gasteiger partial charge in [-0.2, -0.15) is 10.2 Å². The zero-order valence-corrected chi connectivity index (χ0v) is 18.0. The summed E-state index contributed by atoms with van der Waals surface area (Å²) in [6.07, 6.45) is 2.80. The Hall–Kier alpha value is -2.95. The molecule has 2 aromatic carbocycles. The normalized spacial score (nSPS) is 11.0. The molecule has 3 rings (SSSR count). The van der Waals surface area contributed by atoms with E-state index >= 15 is 0 Å². The zero-order valence-electron chi connectivity index (χ0n) is 14.9. The molecule has 0 fully saturated rings. The van der Waals surface area contributed by atoms with Crippen molar-refractivity contribution in [3.63, 3.8) is 0 Å². The number of nitrogens with one attached hydrogen (secondary N) is 1. The Morgan fingerprint density at radius 3 is 2.70 bits per heavy atom. The Bertz CT molecular complexity index is 1150. The molecule has 154 valence electrons. The lowest BCUT2D eigenvalue weighted by atomic mass is 10.2. The lowest BCUT2D eigenvalue weighted by molar-refractivity contribution is -0.384. The maximum atomic E-state index is 12.3. The average Bonchev–Trinajstić information content (AvgIpc) is 3.06. The number of benzene rings is 2. The Kier molecular flexibility index (Phi) is 6.70. The van der Waals surface area contributed by atoms with E-state index in [1.807, 2.05) is 0 Å². The van der Waals surface area contributed by atoms with Crippen molar-refractivity contribution in [1.29, 1.82) is 0 Å². The number of nitro benzene ring substituents is 1. The number of carbonyl (C=O) groups is 1. The molecule has 0 saturated carbocycles. The standard InChI is InChI=1S/C18H12BrCl2N5O4/c19-14-9-25(8-10-1-3-13(4-2-10)26(29)30)24-16(14)18(28)23-22-7-11-5-12(20)6-15(21)17(11)27/h1-7,9,27H,8H2,(H,23,28). The number of nitro groups is 1. The summed E-state index contributed by atoms with van der Waals surface area (Å²) in [6, 6.07) is 8.83. The van der Waals surface area contributed by atoms with Gasteiger partial charge in [0.2, 0.25) is 0 Å². The fraction of sp³-hybridized carbons (Fsp3) is 0.0556. The van der Waals surface area contributed by atoms with Crippen LogP contribution in [0.15, 0.2) is 52.2 Å². The van der Waals surface area contributed by atoms with E-state index < -0.39 is 10.8 Å². The molecule has 0 radical (unpaired) electrons. The number of hydrogen-bond donors (Lipinski definition) is 2. The average molecular weight is 513 g/mol. The summed E-state index contributed by atoms with van der Waals surface area (Å²) in [5.74, 6) is -0.805. The van der Waals surface area contributed by atoms with Gasteiger partial charge in [0.1, 0.15) is 5.75 Å². The van der Waals surface area contributed by atoms with Gasteiger partial charge in [0.25, 0.3) is 11.6 Å². The Labute approximate surface area is 188 Å². The van der Waals surface area contributed by atoms with E-state index in [9.17, 15) is 20.0 Å². The van der Waals surface area contributed by atoms with Gasteiger partial charge in [-0.05, 0) is 33.6 Å². The fourth-order valence-electron chi connectivity index (χ4n) is 2.44. The molecule has 12 heteroatoms. The van der Waals surface area contributed by atoms with Gasteiger partial charge in [-0.3, -0.25) is 19.6 Å². The number of aromatic hydroxyl groups is 1. The molecule has 0 aliphatic heterocycles. The van der Waals surface area contributed by atoms with Crippen LogP contribution in [0.1, 0.15) is 21.6 Å². The number of non-ortho nitro benzene ring substituents is 1. The zero-order chi connectivity index (χ0) is 21.8. The minimum Gasteiger partial charge on any atom is -0.506 e. The number of phenols is 1. The van der Waals surface area contributed by atoms with Crippen molar-refractivity contribution in [2.45, 2.75) is 6.54 Å². The highest BCUT2D eigenvalue weighted by atomic mass is 79.9. The molecule has 1 heterocycles.